The molecule has 0 fully saturated rings. The van der Waals surface area contributed by atoms with E-state index in [1.807, 2.05) is 19.9 Å². The van der Waals surface area contributed by atoms with E-state index in [2.05, 4.69) is 51.6 Å². The van der Waals surface area contributed by atoms with Crippen LogP contribution in [-0.4, -0.2) is 19.8 Å². The van der Waals surface area contributed by atoms with Gasteiger partial charge in [0, 0.05) is 21.6 Å². The highest BCUT2D eigenvalue weighted by Crippen LogP contribution is 2.54. The van der Waals surface area contributed by atoms with Crippen LogP contribution in [0.25, 0.3) is 11.6 Å². The van der Waals surface area contributed by atoms with Gasteiger partial charge in [0.25, 0.3) is 0 Å². The van der Waals surface area contributed by atoms with Gasteiger partial charge in [-0.25, -0.2) is 0 Å². The van der Waals surface area contributed by atoms with Gasteiger partial charge in [-0.15, -0.1) is 0 Å². The maximum Gasteiger partial charge on any atom is 0.144 e. The zero-order chi connectivity index (χ0) is 23.9. The van der Waals surface area contributed by atoms with Crippen molar-refractivity contribution in [2.45, 2.75) is 64.4 Å². The number of aryl methyl sites for hydroxylation is 1. The van der Waals surface area contributed by atoms with Crippen molar-refractivity contribution in [3.05, 3.63) is 58.7 Å². The van der Waals surface area contributed by atoms with E-state index in [-0.39, 0.29) is 17.4 Å². The molecular weight excluding hydrogens is 435 g/mol. The molecule has 2 atom stereocenters. The minimum atomic E-state index is -0.180. The van der Waals surface area contributed by atoms with Crippen molar-refractivity contribution in [1.29, 1.82) is 0 Å². The predicted octanol–water partition coefficient (Wildman–Crippen LogP) is 7.81. The number of fused-ring (bicyclic) bond motifs is 6. The molecule has 0 saturated heterocycles. The van der Waals surface area contributed by atoms with Crippen molar-refractivity contribution in [3.8, 4) is 17.2 Å². The molecule has 5 rings (SSSR count). The van der Waals surface area contributed by atoms with Gasteiger partial charge in [-0.05, 0) is 53.2 Å². The topological polar surface area (TPSA) is 27.7 Å². The summed E-state index contributed by atoms with van der Waals surface area (Å²) in [5.74, 6) is 2.44. The average Bonchev–Trinajstić information content (AvgIpc) is 2.83. The lowest BCUT2D eigenvalue weighted by molar-refractivity contribution is 0.0947. The van der Waals surface area contributed by atoms with Crippen LogP contribution >= 0.6 is 12.1 Å². The largest absolute Gasteiger partial charge is 0.496 e. The van der Waals surface area contributed by atoms with E-state index in [4.69, 9.17) is 14.2 Å². The Bertz CT molecular complexity index is 1120. The van der Waals surface area contributed by atoms with Crippen LogP contribution in [0.3, 0.4) is 0 Å². The fourth-order valence-electron chi connectivity index (χ4n) is 5.07. The van der Waals surface area contributed by atoms with Crippen LogP contribution in [0, 0.1) is 5.41 Å². The smallest absolute Gasteiger partial charge is 0.144 e. The molecule has 0 spiro atoms. The molecule has 0 bridgehead atoms. The zero-order valence-electron chi connectivity index (χ0n) is 20.4. The first-order valence-corrected chi connectivity index (χ1v) is 12.5. The van der Waals surface area contributed by atoms with Crippen LogP contribution in [0.5, 0.6) is 17.2 Å². The minimum absolute atomic E-state index is 0.0135. The third-order valence-corrected chi connectivity index (χ3v) is 7.23. The summed E-state index contributed by atoms with van der Waals surface area (Å²) in [7, 11) is 1.69. The first-order chi connectivity index (χ1) is 15.9. The first kappa shape index (κ1) is 23.7. The molecule has 1 aliphatic carbocycles. The molecule has 2 aliphatic heterocycles. The lowest BCUT2D eigenvalue weighted by Crippen LogP contribution is -2.39. The molecule has 33 heavy (non-hydrogen) atoms. The Morgan fingerprint density at radius 1 is 1.24 bits per heavy atom. The molecule has 0 radical (unpaired) electrons. The quantitative estimate of drug-likeness (QED) is 0.459. The molecule has 2 heterocycles. The van der Waals surface area contributed by atoms with Gasteiger partial charge in [0.05, 0.1) is 25.2 Å². The van der Waals surface area contributed by atoms with Crippen molar-refractivity contribution < 1.29 is 18.1 Å². The number of hydrogen-bond acceptors (Lipinski definition) is 4. The normalized spacial score (nSPS) is 21.2. The van der Waals surface area contributed by atoms with E-state index in [1.165, 1.54) is 0 Å². The Labute approximate surface area is 201 Å². The lowest BCUT2D eigenvalue weighted by atomic mass is 9.75. The van der Waals surface area contributed by atoms with E-state index in [0.717, 1.165) is 63.5 Å². The summed E-state index contributed by atoms with van der Waals surface area (Å²) in [6.07, 6.45) is 5.73. The Kier molecular flexibility index (Phi) is 6.54. The third-order valence-electron chi connectivity index (χ3n) is 6.70. The standard InChI is InChI=1S/C26H27FO3S.C2H6/c1-6-15-9-21-18(10-20(15)28-5)24-14(2)17-11-23(31-27)19-12-26(3,4)8-7-16(19)25(17)30-22(24)13-29-21;1-2/h7-11,22,24H,2,6,12-13H2,1,3-5H3;1-2H3/t22-,24+;/m1./s1. The summed E-state index contributed by atoms with van der Waals surface area (Å²) >= 11 is 0.310. The SMILES string of the molecule is C=C1c2cc(SF)c3c(c2O[C@@H]2COc4cc(CC)c(OC)cc4[C@H]12)C=CC(C)(C)C3.CC. The summed E-state index contributed by atoms with van der Waals surface area (Å²) in [5.41, 5.74) is 5.93. The minimum Gasteiger partial charge on any atom is -0.496 e. The lowest BCUT2D eigenvalue weighted by Gasteiger charge is -2.41. The van der Waals surface area contributed by atoms with Crippen LogP contribution in [0.2, 0.25) is 0 Å². The molecule has 0 unspecified atom stereocenters. The van der Waals surface area contributed by atoms with E-state index < -0.39 is 0 Å². The second-order valence-electron chi connectivity index (χ2n) is 9.25. The fraction of sp³-hybridized carbons (Fsp3) is 0.429. The molecule has 2 aromatic carbocycles. The number of allylic oxidation sites excluding steroid dienone is 1. The molecule has 5 heteroatoms. The van der Waals surface area contributed by atoms with Gasteiger partial charge < -0.3 is 14.2 Å². The number of hydrogen-bond donors (Lipinski definition) is 0. The molecule has 2 aromatic rings. The van der Waals surface area contributed by atoms with E-state index in [1.54, 1.807) is 7.11 Å². The van der Waals surface area contributed by atoms with Crippen molar-refractivity contribution in [2.75, 3.05) is 13.7 Å². The molecule has 0 saturated carbocycles. The Hall–Kier alpha value is -2.40. The number of rotatable bonds is 3. The molecule has 3 nitrogen and oxygen atoms in total. The van der Waals surface area contributed by atoms with E-state index >= 15 is 0 Å². The third kappa shape index (κ3) is 3.95. The molecule has 0 N–H and O–H groups in total. The molecule has 0 aromatic heterocycles. The van der Waals surface area contributed by atoms with Gasteiger partial charge in [0.2, 0.25) is 0 Å². The van der Waals surface area contributed by atoms with Gasteiger partial charge in [0.1, 0.15) is 30.0 Å². The van der Waals surface area contributed by atoms with E-state index in [0.29, 0.717) is 23.7 Å². The van der Waals surface area contributed by atoms with Crippen LogP contribution in [0.1, 0.15) is 68.4 Å². The summed E-state index contributed by atoms with van der Waals surface area (Å²) in [4.78, 5) is 0.653. The highest BCUT2D eigenvalue weighted by Gasteiger charge is 2.42. The monoisotopic (exact) mass is 468 g/mol. The van der Waals surface area contributed by atoms with Gasteiger partial charge in [-0.3, -0.25) is 0 Å². The highest BCUT2D eigenvalue weighted by atomic mass is 32.2. The Balaban J connectivity index is 0.00000126. The van der Waals surface area contributed by atoms with Crippen molar-refractivity contribution in [2.24, 2.45) is 5.41 Å². The molecule has 0 amide bonds. The first-order valence-electron chi connectivity index (χ1n) is 11.7. The maximum atomic E-state index is 14.0. The van der Waals surface area contributed by atoms with Crippen LogP contribution in [0.4, 0.5) is 3.89 Å². The van der Waals surface area contributed by atoms with Gasteiger partial charge in [-0.1, -0.05) is 53.3 Å². The molecular formula is C28H33FO3S. The average molecular weight is 469 g/mol. The van der Waals surface area contributed by atoms with Crippen molar-refractivity contribution in [1.82, 2.24) is 0 Å². The van der Waals surface area contributed by atoms with Gasteiger partial charge in [-0.2, -0.15) is 3.89 Å². The summed E-state index contributed by atoms with van der Waals surface area (Å²) in [6, 6.07) is 6.03. The Morgan fingerprint density at radius 3 is 2.67 bits per heavy atom. The molecule has 3 aliphatic rings. The number of ether oxygens (including phenoxy) is 3. The van der Waals surface area contributed by atoms with Crippen LogP contribution in [-0.2, 0) is 12.8 Å². The predicted molar refractivity (Wildman–Crippen MR) is 135 cm³/mol. The summed E-state index contributed by atoms with van der Waals surface area (Å²) in [6.45, 7) is 15.3. The maximum absolute atomic E-state index is 14.0. The van der Waals surface area contributed by atoms with Gasteiger partial charge in [0.15, 0.2) is 0 Å². The summed E-state index contributed by atoms with van der Waals surface area (Å²) < 4.78 is 32.3. The van der Waals surface area contributed by atoms with Crippen molar-refractivity contribution >= 4 is 23.8 Å². The van der Waals surface area contributed by atoms with Crippen molar-refractivity contribution in [3.63, 3.8) is 0 Å². The second-order valence-corrected chi connectivity index (χ2v) is 9.84. The highest BCUT2D eigenvalue weighted by molar-refractivity contribution is 7.94. The number of halogens is 1. The van der Waals surface area contributed by atoms with Crippen LogP contribution < -0.4 is 14.2 Å². The fourth-order valence-corrected chi connectivity index (χ4v) is 5.51. The number of methoxy groups -OCH3 is 1. The number of benzene rings is 2. The van der Waals surface area contributed by atoms with E-state index in [9.17, 15) is 3.89 Å². The zero-order valence-corrected chi connectivity index (χ0v) is 21.2. The summed E-state index contributed by atoms with van der Waals surface area (Å²) in [5, 5.41) is 0. The Morgan fingerprint density at radius 2 is 2.00 bits per heavy atom. The van der Waals surface area contributed by atoms with Crippen LogP contribution in [0.15, 0.2) is 35.7 Å². The molecule has 176 valence electrons. The van der Waals surface area contributed by atoms with Gasteiger partial charge >= 0.3 is 0 Å². The second kappa shape index (κ2) is 9.09.